The summed E-state index contributed by atoms with van der Waals surface area (Å²) in [5, 5.41) is 9.05. The van der Waals surface area contributed by atoms with E-state index < -0.39 is 0 Å². The molecule has 1 unspecified atom stereocenters. The molecule has 2 aromatic rings. The number of pyridine rings is 1. The van der Waals surface area contributed by atoms with Crippen LogP contribution in [0, 0.1) is 0 Å². The first-order valence-electron chi connectivity index (χ1n) is 6.90. The van der Waals surface area contributed by atoms with Crippen molar-refractivity contribution in [3.05, 3.63) is 40.3 Å². The lowest BCUT2D eigenvalue weighted by atomic mass is 10.2. The van der Waals surface area contributed by atoms with E-state index in [4.69, 9.17) is 23.2 Å². The van der Waals surface area contributed by atoms with Gasteiger partial charge >= 0.3 is 0 Å². The Balaban J connectivity index is 1.58. The maximum Gasteiger partial charge on any atom is 0.147 e. The minimum absolute atomic E-state index is 0.402. The standard InChI is InChI=1S/C14H17Cl2N5/c1-20-13(16)10(8-19-20)7-18-11-4-6-21(9-11)14-12(15)3-2-5-17-14/h2-3,5,8,11,18H,4,6-7,9H2,1H3. The highest BCUT2D eigenvalue weighted by molar-refractivity contribution is 6.32. The predicted octanol–water partition coefficient (Wildman–Crippen LogP) is 2.49. The summed E-state index contributed by atoms with van der Waals surface area (Å²) in [4.78, 5) is 6.58. The van der Waals surface area contributed by atoms with Gasteiger partial charge in [-0.15, -0.1) is 0 Å². The summed E-state index contributed by atoms with van der Waals surface area (Å²) in [5.74, 6) is 0.864. The summed E-state index contributed by atoms with van der Waals surface area (Å²) in [5.41, 5.74) is 1.02. The summed E-state index contributed by atoms with van der Waals surface area (Å²) < 4.78 is 1.67. The Morgan fingerprint density at radius 3 is 3.00 bits per heavy atom. The number of aryl methyl sites for hydroxylation is 1. The molecule has 1 fully saturated rings. The fourth-order valence-electron chi connectivity index (χ4n) is 2.57. The molecule has 1 aliphatic rings. The molecule has 0 aliphatic carbocycles. The van der Waals surface area contributed by atoms with Gasteiger partial charge in [-0.2, -0.15) is 5.10 Å². The number of nitrogens with one attached hydrogen (secondary N) is 1. The van der Waals surface area contributed by atoms with Crippen molar-refractivity contribution >= 4 is 29.0 Å². The lowest BCUT2D eigenvalue weighted by Gasteiger charge is -2.18. The van der Waals surface area contributed by atoms with Crippen molar-refractivity contribution in [3.63, 3.8) is 0 Å². The van der Waals surface area contributed by atoms with Gasteiger partial charge in [0.15, 0.2) is 0 Å². The van der Waals surface area contributed by atoms with E-state index >= 15 is 0 Å². The highest BCUT2D eigenvalue weighted by Gasteiger charge is 2.24. The number of hydrogen-bond donors (Lipinski definition) is 1. The molecular weight excluding hydrogens is 309 g/mol. The first-order chi connectivity index (χ1) is 10.1. The van der Waals surface area contributed by atoms with Crippen molar-refractivity contribution in [2.45, 2.75) is 19.0 Å². The zero-order chi connectivity index (χ0) is 14.8. The van der Waals surface area contributed by atoms with Crippen LogP contribution in [0.4, 0.5) is 5.82 Å². The van der Waals surface area contributed by atoms with Crippen LogP contribution in [0.25, 0.3) is 0 Å². The first-order valence-corrected chi connectivity index (χ1v) is 7.66. The minimum atomic E-state index is 0.402. The van der Waals surface area contributed by atoms with Gasteiger partial charge in [0.1, 0.15) is 11.0 Å². The highest BCUT2D eigenvalue weighted by Crippen LogP contribution is 2.26. The summed E-state index contributed by atoms with van der Waals surface area (Å²) >= 11 is 12.4. The van der Waals surface area contributed by atoms with E-state index in [-0.39, 0.29) is 0 Å². The Labute approximate surface area is 133 Å². The monoisotopic (exact) mass is 325 g/mol. The second-order valence-corrected chi connectivity index (χ2v) is 5.97. The number of anilines is 1. The van der Waals surface area contributed by atoms with Gasteiger partial charge in [-0.1, -0.05) is 23.2 Å². The Morgan fingerprint density at radius 1 is 1.43 bits per heavy atom. The van der Waals surface area contributed by atoms with E-state index in [9.17, 15) is 0 Å². The number of halogens is 2. The van der Waals surface area contributed by atoms with Crippen LogP contribution in [-0.4, -0.2) is 33.9 Å². The average Bonchev–Trinajstić information content (AvgIpc) is 3.06. The van der Waals surface area contributed by atoms with Crippen molar-refractivity contribution in [1.29, 1.82) is 0 Å². The third-order valence-electron chi connectivity index (χ3n) is 3.74. The number of nitrogens with zero attached hydrogens (tertiary/aromatic N) is 4. The van der Waals surface area contributed by atoms with Gasteiger partial charge in [-0.3, -0.25) is 4.68 Å². The molecule has 21 heavy (non-hydrogen) atoms. The molecule has 1 aliphatic heterocycles. The molecule has 112 valence electrons. The van der Waals surface area contributed by atoms with Crippen LogP contribution in [0.1, 0.15) is 12.0 Å². The molecular formula is C14H17Cl2N5. The quantitative estimate of drug-likeness (QED) is 0.938. The van der Waals surface area contributed by atoms with Gasteiger partial charge in [-0.25, -0.2) is 4.98 Å². The lowest BCUT2D eigenvalue weighted by molar-refractivity contribution is 0.551. The van der Waals surface area contributed by atoms with E-state index in [0.717, 1.165) is 37.4 Å². The molecule has 0 saturated carbocycles. The molecule has 7 heteroatoms. The van der Waals surface area contributed by atoms with E-state index in [1.807, 2.05) is 19.2 Å². The van der Waals surface area contributed by atoms with Crippen molar-refractivity contribution in [3.8, 4) is 0 Å². The first kappa shape index (κ1) is 14.6. The maximum atomic E-state index is 6.20. The molecule has 1 saturated heterocycles. The molecule has 5 nitrogen and oxygen atoms in total. The van der Waals surface area contributed by atoms with Crippen LogP contribution >= 0.6 is 23.2 Å². The van der Waals surface area contributed by atoms with Crippen molar-refractivity contribution < 1.29 is 0 Å². The van der Waals surface area contributed by atoms with Gasteiger partial charge in [-0.05, 0) is 18.6 Å². The van der Waals surface area contributed by atoms with E-state index in [0.29, 0.717) is 16.2 Å². The van der Waals surface area contributed by atoms with Crippen LogP contribution in [-0.2, 0) is 13.6 Å². The third kappa shape index (κ3) is 3.15. The molecule has 1 N–H and O–H groups in total. The number of aromatic nitrogens is 3. The third-order valence-corrected chi connectivity index (χ3v) is 4.53. The number of hydrogen-bond acceptors (Lipinski definition) is 4. The molecule has 3 heterocycles. The molecule has 2 aromatic heterocycles. The summed E-state index contributed by atoms with van der Waals surface area (Å²) in [7, 11) is 1.84. The van der Waals surface area contributed by atoms with Gasteiger partial charge in [0.25, 0.3) is 0 Å². The maximum absolute atomic E-state index is 6.20. The highest BCUT2D eigenvalue weighted by atomic mass is 35.5. The van der Waals surface area contributed by atoms with E-state index in [1.54, 1.807) is 17.1 Å². The Morgan fingerprint density at radius 2 is 2.29 bits per heavy atom. The smallest absolute Gasteiger partial charge is 0.147 e. The van der Waals surface area contributed by atoms with Gasteiger partial charge in [0.05, 0.1) is 11.2 Å². The fourth-order valence-corrected chi connectivity index (χ4v) is 2.97. The summed E-state index contributed by atoms with van der Waals surface area (Å²) in [6.45, 7) is 2.57. The van der Waals surface area contributed by atoms with Crippen LogP contribution in [0.2, 0.25) is 10.2 Å². The molecule has 0 spiro atoms. The topological polar surface area (TPSA) is 46.0 Å². The summed E-state index contributed by atoms with van der Waals surface area (Å²) in [6, 6.07) is 4.13. The second kappa shape index (κ2) is 6.22. The second-order valence-electron chi connectivity index (χ2n) is 5.21. The van der Waals surface area contributed by atoms with Crippen LogP contribution in [0.15, 0.2) is 24.5 Å². The number of rotatable bonds is 4. The van der Waals surface area contributed by atoms with Crippen molar-refractivity contribution in [1.82, 2.24) is 20.1 Å². The summed E-state index contributed by atoms with van der Waals surface area (Å²) in [6.07, 6.45) is 4.64. The molecule has 0 bridgehead atoms. The normalized spacial score (nSPS) is 18.4. The van der Waals surface area contributed by atoms with Crippen LogP contribution in [0.3, 0.4) is 0 Å². The van der Waals surface area contributed by atoms with Crippen LogP contribution in [0.5, 0.6) is 0 Å². The predicted molar refractivity (Wildman–Crippen MR) is 84.9 cm³/mol. The Kier molecular flexibility index (Phi) is 4.33. The van der Waals surface area contributed by atoms with Crippen molar-refractivity contribution in [2.24, 2.45) is 7.05 Å². The molecule has 0 radical (unpaired) electrons. The zero-order valence-electron chi connectivity index (χ0n) is 11.8. The van der Waals surface area contributed by atoms with Gasteiger partial charge in [0, 0.05) is 44.5 Å². The molecule has 3 rings (SSSR count). The SMILES string of the molecule is Cn1ncc(CNC2CCN(c3ncccc3Cl)C2)c1Cl. The average molecular weight is 326 g/mol. The van der Waals surface area contributed by atoms with E-state index in [2.05, 4.69) is 20.3 Å². The van der Waals surface area contributed by atoms with Gasteiger partial charge in [0.2, 0.25) is 0 Å². The molecule has 1 atom stereocenters. The van der Waals surface area contributed by atoms with Gasteiger partial charge < -0.3 is 10.2 Å². The molecule has 0 aromatic carbocycles. The molecule has 0 amide bonds. The minimum Gasteiger partial charge on any atom is -0.354 e. The van der Waals surface area contributed by atoms with Crippen LogP contribution < -0.4 is 10.2 Å². The van der Waals surface area contributed by atoms with E-state index in [1.165, 1.54) is 0 Å². The lowest BCUT2D eigenvalue weighted by Crippen LogP contribution is -2.32. The zero-order valence-corrected chi connectivity index (χ0v) is 13.3. The Bertz CT molecular complexity index is 628. The van der Waals surface area contributed by atoms with Crippen molar-refractivity contribution in [2.75, 3.05) is 18.0 Å². The largest absolute Gasteiger partial charge is 0.354 e. The fraction of sp³-hybridized carbons (Fsp3) is 0.429. The Hall–Kier alpha value is -1.30.